The van der Waals surface area contributed by atoms with Crippen LogP contribution >= 0.6 is 0 Å². The number of hydrogen-bond donors (Lipinski definition) is 2. The standard InChI is InChI=1S/C13H16NO3/c1-2-3-9-11(13(16)17)14-12(15)10-7-5-4-6-8-10/h4-8,11H,1-3,9H2,(H,14,15)(H,16,17). The van der Waals surface area contributed by atoms with Gasteiger partial charge in [-0.2, -0.15) is 0 Å². The minimum Gasteiger partial charge on any atom is -0.480 e. The summed E-state index contributed by atoms with van der Waals surface area (Å²) in [5.74, 6) is -1.37. The van der Waals surface area contributed by atoms with E-state index in [-0.39, 0.29) is 5.91 Å². The van der Waals surface area contributed by atoms with Crippen molar-refractivity contribution in [2.45, 2.75) is 25.3 Å². The van der Waals surface area contributed by atoms with Gasteiger partial charge in [-0.05, 0) is 18.6 Å². The molecular formula is C13H16NO3. The number of benzene rings is 1. The van der Waals surface area contributed by atoms with Crippen LogP contribution in [0.2, 0.25) is 0 Å². The van der Waals surface area contributed by atoms with Crippen molar-refractivity contribution < 1.29 is 14.7 Å². The lowest BCUT2D eigenvalue weighted by Gasteiger charge is -2.13. The number of amides is 1. The number of unbranched alkanes of at least 4 members (excludes halogenated alkanes) is 1. The summed E-state index contributed by atoms with van der Waals surface area (Å²) in [6, 6.07) is 7.73. The SMILES string of the molecule is [CH2]CCCC(NC(=O)c1ccccc1)C(=O)O. The Kier molecular flexibility index (Phi) is 5.20. The van der Waals surface area contributed by atoms with Crippen LogP contribution in [-0.2, 0) is 4.79 Å². The Hall–Kier alpha value is -1.84. The molecule has 0 spiro atoms. The molecule has 0 bridgehead atoms. The molecule has 0 aromatic heterocycles. The predicted molar refractivity (Wildman–Crippen MR) is 64.5 cm³/mol. The van der Waals surface area contributed by atoms with E-state index in [1.807, 2.05) is 0 Å². The van der Waals surface area contributed by atoms with Crippen molar-refractivity contribution in [1.82, 2.24) is 5.32 Å². The van der Waals surface area contributed by atoms with Crippen LogP contribution in [0.25, 0.3) is 0 Å². The number of aliphatic carboxylic acids is 1. The van der Waals surface area contributed by atoms with Gasteiger partial charge in [0.15, 0.2) is 0 Å². The zero-order valence-electron chi connectivity index (χ0n) is 9.56. The summed E-state index contributed by atoms with van der Waals surface area (Å²) in [4.78, 5) is 22.7. The second-order valence-corrected chi connectivity index (χ2v) is 3.73. The highest BCUT2D eigenvalue weighted by atomic mass is 16.4. The minimum atomic E-state index is -1.01. The first-order valence-corrected chi connectivity index (χ1v) is 5.53. The first-order chi connectivity index (χ1) is 8.15. The zero-order chi connectivity index (χ0) is 12.7. The maximum atomic E-state index is 11.7. The van der Waals surface area contributed by atoms with Gasteiger partial charge in [-0.3, -0.25) is 4.79 Å². The van der Waals surface area contributed by atoms with Gasteiger partial charge in [0.2, 0.25) is 0 Å². The van der Waals surface area contributed by atoms with Crippen LogP contribution in [0, 0.1) is 6.92 Å². The van der Waals surface area contributed by atoms with E-state index in [1.54, 1.807) is 30.3 Å². The second kappa shape index (κ2) is 6.68. The van der Waals surface area contributed by atoms with Crippen LogP contribution in [0.5, 0.6) is 0 Å². The quantitative estimate of drug-likeness (QED) is 0.789. The Morgan fingerprint density at radius 3 is 2.47 bits per heavy atom. The molecule has 0 fully saturated rings. The molecule has 0 heterocycles. The van der Waals surface area contributed by atoms with Crippen molar-refractivity contribution in [2.75, 3.05) is 0 Å². The van der Waals surface area contributed by atoms with Crippen molar-refractivity contribution in [2.24, 2.45) is 0 Å². The lowest BCUT2D eigenvalue weighted by Crippen LogP contribution is -2.40. The van der Waals surface area contributed by atoms with Crippen molar-refractivity contribution in [3.63, 3.8) is 0 Å². The molecule has 4 nitrogen and oxygen atoms in total. The number of carbonyl (C=O) groups is 2. The van der Waals surface area contributed by atoms with Crippen molar-refractivity contribution in [3.05, 3.63) is 42.8 Å². The topological polar surface area (TPSA) is 66.4 Å². The molecule has 0 saturated carbocycles. The third kappa shape index (κ3) is 4.26. The van der Waals surface area contributed by atoms with E-state index in [2.05, 4.69) is 12.2 Å². The Morgan fingerprint density at radius 1 is 1.29 bits per heavy atom. The molecule has 91 valence electrons. The molecule has 1 aromatic carbocycles. The summed E-state index contributed by atoms with van der Waals surface area (Å²) in [5, 5.41) is 11.5. The molecule has 1 amide bonds. The number of carboxylic acid groups (broad SMARTS) is 1. The number of rotatable bonds is 6. The summed E-state index contributed by atoms with van der Waals surface area (Å²) in [5.41, 5.74) is 0.466. The van der Waals surface area contributed by atoms with E-state index in [0.29, 0.717) is 24.8 Å². The van der Waals surface area contributed by atoms with Gasteiger partial charge >= 0.3 is 5.97 Å². The van der Waals surface area contributed by atoms with Gasteiger partial charge < -0.3 is 10.4 Å². The lowest BCUT2D eigenvalue weighted by atomic mass is 10.1. The fraction of sp³-hybridized carbons (Fsp3) is 0.308. The summed E-state index contributed by atoms with van der Waals surface area (Å²) in [6.07, 6.45) is 1.73. The zero-order valence-corrected chi connectivity index (χ0v) is 9.56. The highest BCUT2D eigenvalue weighted by Crippen LogP contribution is 2.04. The molecule has 17 heavy (non-hydrogen) atoms. The predicted octanol–water partition coefficient (Wildman–Crippen LogP) is 1.87. The van der Waals surface area contributed by atoms with Crippen molar-refractivity contribution in [1.29, 1.82) is 0 Å². The molecular weight excluding hydrogens is 218 g/mol. The van der Waals surface area contributed by atoms with Crippen LogP contribution in [0.4, 0.5) is 0 Å². The largest absolute Gasteiger partial charge is 0.480 e. The molecule has 1 unspecified atom stereocenters. The monoisotopic (exact) mass is 234 g/mol. The summed E-state index contributed by atoms with van der Waals surface area (Å²) in [6.45, 7) is 3.65. The smallest absolute Gasteiger partial charge is 0.326 e. The number of nitrogens with one attached hydrogen (secondary N) is 1. The molecule has 0 aliphatic rings. The average molecular weight is 234 g/mol. The molecule has 1 rings (SSSR count). The molecule has 4 heteroatoms. The maximum absolute atomic E-state index is 11.7. The van der Waals surface area contributed by atoms with Gasteiger partial charge in [-0.25, -0.2) is 4.79 Å². The number of hydrogen-bond acceptors (Lipinski definition) is 2. The van der Waals surface area contributed by atoms with Crippen molar-refractivity contribution >= 4 is 11.9 Å². The molecule has 0 aliphatic carbocycles. The van der Waals surface area contributed by atoms with Crippen LogP contribution < -0.4 is 5.32 Å². The van der Waals surface area contributed by atoms with Crippen LogP contribution in [0.3, 0.4) is 0 Å². The molecule has 1 atom stereocenters. The fourth-order valence-electron chi connectivity index (χ4n) is 1.44. The van der Waals surface area contributed by atoms with E-state index in [1.165, 1.54) is 0 Å². The summed E-state index contributed by atoms with van der Waals surface area (Å²) in [7, 11) is 0. The Morgan fingerprint density at radius 2 is 1.94 bits per heavy atom. The number of carboxylic acids is 1. The first-order valence-electron chi connectivity index (χ1n) is 5.53. The van der Waals surface area contributed by atoms with E-state index in [9.17, 15) is 9.59 Å². The maximum Gasteiger partial charge on any atom is 0.326 e. The van der Waals surface area contributed by atoms with E-state index in [0.717, 1.165) is 0 Å². The second-order valence-electron chi connectivity index (χ2n) is 3.73. The minimum absolute atomic E-state index is 0.359. The van der Waals surface area contributed by atoms with Gasteiger partial charge in [-0.1, -0.05) is 38.0 Å². The molecule has 1 aromatic rings. The van der Waals surface area contributed by atoms with E-state index >= 15 is 0 Å². The van der Waals surface area contributed by atoms with Gasteiger partial charge in [0, 0.05) is 5.56 Å². The van der Waals surface area contributed by atoms with Crippen LogP contribution in [0.15, 0.2) is 30.3 Å². The van der Waals surface area contributed by atoms with Crippen LogP contribution in [0.1, 0.15) is 29.6 Å². The van der Waals surface area contributed by atoms with Gasteiger partial charge in [0.25, 0.3) is 5.91 Å². The van der Waals surface area contributed by atoms with E-state index in [4.69, 9.17) is 5.11 Å². The Labute approximate surface area is 101 Å². The normalized spacial score (nSPS) is 11.8. The van der Waals surface area contributed by atoms with Crippen LogP contribution in [-0.4, -0.2) is 23.0 Å². The van der Waals surface area contributed by atoms with Gasteiger partial charge in [0.1, 0.15) is 6.04 Å². The molecule has 1 radical (unpaired) electrons. The van der Waals surface area contributed by atoms with E-state index < -0.39 is 12.0 Å². The third-order valence-corrected chi connectivity index (χ3v) is 2.38. The third-order valence-electron chi connectivity index (χ3n) is 2.38. The summed E-state index contributed by atoms with van der Waals surface area (Å²) < 4.78 is 0. The highest BCUT2D eigenvalue weighted by Gasteiger charge is 2.19. The van der Waals surface area contributed by atoms with Gasteiger partial charge in [0.05, 0.1) is 0 Å². The molecule has 0 saturated heterocycles. The Bertz CT molecular complexity index is 376. The fourth-order valence-corrected chi connectivity index (χ4v) is 1.44. The van der Waals surface area contributed by atoms with Crippen molar-refractivity contribution in [3.8, 4) is 0 Å². The Balaban J connectivity index is 2.61. The first kappa shape index (κ1) is 13.2. The highest BCUT2D eigenvalue weighted by molar-refractivity contribution is 5.96. The lowest BCUT2D eigenvalue weighted by molar-refractivity contribution is -0.139. The average Bonchev–Trinajstić information content (AvgIpc) is 2.35. The number of carbonyl (C=O) groups excluding carboxylic acids is 1. The summed E-state index contributed by atoms with van der Waals surface area (Å²) >= 11 is 0. The van der Waals surface area contributed by atoms with Gasteiger partial charge in [-0.15, -0.1) is 0 Å². The molecule has 2 N–H and O–H groups in total. The molecule has 0 aliphatic heterocycles.